The van der Waals surface area contributed by atoms with Crippen molar-refractivity contribution in [1.82, 2.24) is 9.80 Å². The van der Waals surface area contributed by atoms with Crippen LogP contribution >= 0.6 is 11.3 Å². The molecule has 1 aromatic carbocycles. The van der Waals surface area contributed by atoms with Gasteiger partial charge in [-0.05, 0) is 32.0 Å². The fraction of sp³-hybridized carbons (Fsp3) is 0.381. The summed E-state index contributed by atoms with van der Waals surface area (Å²) >= 11 is 1.34. The smallest absolute Gasteiger partial charge is 0.341 e. The Bertz CT molecular complexity index is 878. The number of nitrogens with one attached hydrogen (secondary N) is 1. The van der Waals surface area contributed by atoms with E-state index in [0.29, 0.717) is 10.6 Å². The van der Waals surface area contributed by atoms with Crippen molar-refractivity contribution in [1.29, 1.82) is 0 Å². The molecule has 29 heavy (non-hydrogen) atoms. The number of anilines is 1. The van der Waals surface area contributed by atoms with E-state index < -0.39 is 5.97 Å². The lowest BCUT2D eigenvalue weighted by Gasteiger charge is -2.18. The third kappa shape index (κ3) is 5.88. The summed E-state index contributed by atoms with van der Waals surface area (Å²) in [5, 5.41) is 3.28. The van der Waals surface area contributed by atoms with Gasteiger partial charge < -0.3 is 15.0 Å². The van der Waals surface area contributed by atoms with Crippen molar-refractivity contribution >= 4 is 34.1 Å². The number of carbonyl (C=O) groups excluding carboxylic acids is 3. The molecule has 0 bridgehead atoms. The molecule has 8 heteroatoms. The van der Waals surface area contributed by atoms with Gasteiger partial charge in [0.15, 0.2) is 0 Å². The van der Waals surface area contributed by atoms with E-state index in [1.54, 1.807) is 33.0 Å². The minimum absolute atomic E-state index is 0.0272. The topological polar surface area (TPSA) is 79.0 Å². The number of rotatable bonds is 8. The maximum absolute atomic E-state index is 12.5. The van der Waals surface area contributed by atoms with E-state index in [4.69, 9.17) is 4.74 Å². The van der Waals surface area contributed by atoms with Gasteiger partial charge in [-0.2, -0.15) is 0 Å². The number of benzene rings is 1. The predicted octanol–water partition coefficient (Wildman–Crippen LogP) is 2.86. The van der Waals surface area contributed by atoms with Gasteiger partial charge in [0.25, 0.3) is 0 Å². The summed E-state index contributed by atoms with van der Waals surface area (Å²) in [6, 6.07) is 9.69. The number of ether oxygens (including phenoxy) is 1. The Kier molecular flexibility index (Phi) is 7.92. The second-order valence-corrected chi connectivity index (χ2v) is 7.88. The Labute approximate surface area is 175 Å². The number of amides is 2. The van der Waals surface area contributed by atoms with Gasteiger partial charge in [0, 0.05) is 19.0 Å². The molecule has 0 atom stereocenters. The zero-order chi connectivity index (χ0) is 21.6. The molecular formula is C21H27N3O4S. The molecule has 0 saturated heterocycles. The first-order chi connectivity index (χ1) is 13.7. The van der Waals surface area contributed by atoms with Crippen LogP contribution in [0.15, 0.2) is 30.3 Å². The molecular weight excluding hydrogens is 390 g/mol. The molecule has 0 saturated carbocycles. The lowest BCUT2D eigenvalue weighted by atomic mass is 10.1. The van der Waals surface area contributed by atoms with Crippen molar-refractivity contribution in [3.05, 3.63) is 41.5 Å². The van der Waals surface area contributed by atoms with Gasteiger partial charge in [-0.15, -0.1) is 11.3 Å². The number of esters is 1. The van der Waals surface area contributed by atoms with Gasteiger partial charge in [0.2, 0.25) is 11.8 Å². The molecule has 1 N–H and O–H groups in total. The maximum Gasteiger partial charge on any atom is 0.341 e. The van der Waals surface area contributed by atoms with E-state index in [9.17, 15) is 14.4 Å². The highest BCUT2D eigenvalue weighted by Gasteiger charge is 2.24. The Morgan fingerprint density at radius 1 is 1.07 bits per heavy atom. The van der Waals surface area contributed by atoms with Gasteiger partial charge in [0.1, 0.15) is 5.00 Å². The highest BCUT2D eigenvalue weighted by atomic mass is 32.1. The molecule has 0 fully saturated rings. The Morgan fingerprint density at radius 2 is 1.72 bits per heavy atom. The van der Waals surface area contributed by atoms with Gasteiger partial charge in [-0.1, -0.05) is 30.3 Å². The molecule has 7 nitrogen and oxygen atoms in total. The van der Waals surface area contributed by atoms with Crippen LogP contribution < -0.4 is 5.32 Å². The Hall–Kier alpha value is -2.71. The second-order valence-electron chi connectivity index (χ2n) is 6.86. The third-order valence-electron chi connectivity index (χ3n) is 4.23. The summed E-state index contributed by atoms with van der Waals surface area (Å²) in [5.74, 6) is -0.855. The fourth-order valence-electron chi connectivity index (χ4n) is 2.76. The second kappa shape index (κ2) is 10.2. The van der Waals surface area contributed by atoms with Crippen LogP contribution in [-0.4, -0.2) is 68.4 Å². The van der Waals surface area contributed by atoms with Crippen LogP contribution in [0.2, 0.25) is 0 Å². The first-order valence-corrected chi connectivity index (χ1v) is 10.1. The summed E-state index contributed by atoms with van der Waals surface area (Å²) < 4.78 is 5.20. The van der Waals surface area contributed by atoms with E-state index in [2.05, 4.69) is 5.32 Å². The minimum atomic E-state index is -0.463. The van der Waals surface area contributed by atoms with Gasteiger partial charge in [-0.3, -0.25) is 14.5 Å². The van der Waals surface area contributed by atoms with E-state index in [1.807, 2.05) is 37.3 Å². The van der Waals surface area contributed by atoms with Crippen molar-refractivity contribution in [2.75, 3.05) is 46.2 Å². The standard InChI is InChI=1S/C21H27N3O4S/c1-6-28-21(27)18-14(2)19(15-10-8-7-9-11-15)29-20(18)22-16(25)12-24(5)13-17(26)23(3)4/h7-11H,6,12-13H2,1-5H3,(H,22,25). The first kappa shape index (κ1) is 22.6. The molecule has 0 unspecified atom stereocenters. The highest BCUT2D eigenvalue weighted by molar-refractivity contribution is 7.20. The molecule has 2 aromatic rings. The molecule has 1 heterocycles. The van der Waals surface area contributed by atoms with Crippen molar-refractivity contribution in [2.45, 2.75) is 13.8 Å². The lowest BCUT2D eigenvalue weighted by Crippen LogP contribution is -2.38. The van der Waals surface area contributed by atoms with E-state index in [0.717, 1.165) is 16.0 Å². The Balaban J connectivity index is 2.25. The van der Waals surface area contributed by atoms with Crippen LogP contribution in [-0.2, 0) is 14.3 Å². The van der Waals surface area contributed by atoms with Crippen molar-refractivity contribution in [3.8, 4) is 10.4 Å². The first-order valence-electron chi connectivity index (χ1n) is 9.29. The van der Waals surface area contributed by atoms with Crippen molar-refractivity contribution < 1.29 is 19.1 Å². The largest absolute Gasteiger partial charge is 0.462 e. The summed E-state index contributed by atoms with van der Waals surface area (Å²) in [7, 11) is 5.03. The number of nitrogens with zero attached hydrogens (tertiary/aromatic N) is 2. The summed E-state index contributed by atoms with van der Waals surface area (Å²) in [6.07, 6.45) is 0. The van der Waals surface area contributed by atoms with E-state index in [-0.39, 0.29) is 31.5 Å². The summed E-state index contributed by atoms with van der Waals surface area (Å²) in [4.78, 5) is 40.9. The SMILES string of the molecule is CCOC(=O)c1c(NC(=O)CN(C)CC(=O)N(C)C)sc(-c2ccccc2)c1C. The number of likely N-dealkylation sites (N-methyl/N-ethyl adjacent to an activating group) is 2. The van der Waals surface area contributed by atoms with Crippen LogP contribution in [0.4, 0.5) is 5.00 Å². The zero-order valence-corrected chi connectivity index (χ0v) is 18.3. The predicted molar refractivity (Wildman–Crippen MR) is 115 cm³/mol. The molecule has 0 radical (unpaired) electrons. The zero-order valence-electron chi connectivity index (χ0n) is 17.4. The Morgan fingerprint density at radius 3 is 2.31 bits per heavy atom. The average molecular weight is 418 g/mol. The fourth-order valence-corrected chi connectivity index (χ4v) is 3.97. The minimum Gasteiger partial charge on any atom is -0.462 e. The normalized spacial score (nSPS) is 10.7. The molecule has 156 valence electrons. The van der Waals surface area contributed by atoms with Gasteiger partial charge in [0.05, 0.1) is 25.3 Å². The molecule has 2 amide bonds. The molecule has 2 rings (SSSR count). The molecule has 0 aliphatic heterocycles. The molecule has 0 spiro atoms. The summed E-state index contributed by atoms with van der Waals surface area (Å²) in [5.41, 5.74) is 2.11. The van der Waals surface area contributed by atoms with Gasteiger partial charge in [-0.25, -0.2) is 4.79 Å². The highest BCUT2D eigenvalue weighted by Crippen LogP contribution is 2.40. The van der Waals surface area contributed by atoms with Crippen LogP contribution in [0.5, 0.6) is 0 Å². The number of hydrogen-bond acceptors (Lipinski definition) is 6. The van der Waals surface area contributed by atoms with Crippen LogP contribution in [0, 0.1) is 6.92 Å². The molecule has 0 aliphatic rings. The molecule has 0 aliphatic carbocycles. The number of carbonyl (C=O) groups is 3. The number of thiophene rings is 1. The van der Waals surface area contributed by atoms with E-state index >= 15 is 0 Å². The summed E-state index contributed by atoms with van der Waals surface area (Å²) in [6.45, 7) is 4.00. The number of hydrogen-bond donors (Lipinski definition) is 1. The van der Waals surface area contributed by atoms with Crippen molar-refractivity contribution in [3.63, 3.8) is 0 Å². The van der Waals surface area contributed by atoms with E-state index in [1.165, 1.54) is 16.2 Å². The van der Waals surface area contributed by atoms with Crippen LogP contribution in [0.1, 0.15) is 22.8 Å². The van der Waals surface area contributed by atoms with Crippen molar-refractivity contribution in [2.24, 2.45) is 0 Å². The molecule has 1 aromatic heterocycles. The maximum atomic E-state index is 12.5. The third-order valence-corrected chi connectivity index (χ3v) is 5.49. The lowest BCUT2D eigenvalue weighted by molar-refractivity contribution is -0.130. The average Bonchev–Trinajstić information content (AvgIpc) is 2.98. The van der Waals surface area contributed by atoms with Crippen LogP contribution in [0.3, 0.4) is 0 Å². The van der Waals surface area contributed by atoms with Crippen LogP contribution in [0.25, 0.3) is 10.4 Å². The quantitative estimate of drug-likeness (QED) is 0.668. The monoisotopic (exact) mass is 417 g/mol. The van der Waals surface area contributed by atoms with Gasteiger partial charge >= 0.3 is 5.97 Å².